The van der Waals surface area contributed by atoms with Gasteiger partial charge in [-0.3, -0.25) is 4.79 Å². The largest absolute Gasteiger partial charge is 0.451 e. The molecule has 1 amide bonds. The monoisotopic (exact) mass is 348 g/mol. The van der Waals surface area contributed by atoms with E-state index < -0.39 is 11.9 Å². The van der Waals surface area contributed by atoms with Crippen LogP contribution in [0.15, 0.2) is 29.6 Å². The molecule has 2 rings (SSSR count). The quantitative estimate of drug-likeness (QED) is 0.778. The van der Waals surface area contributed by atoms with E-state index in [0.29, 0.717) is 23.2 Å². The number of nitrogens with one attached hydrogen (secondary N) is 1. The van der Waals surface area contributed by atoms with Crippen LogP contribution in [0.1, 0.15) is 40.8 Å². The van der Waals surface area contributed by atoms with Crippen LogP contribution in [-0.2, 0) is 20.9 Å². The fraction of sp³-hybridized carbons (Fsp3) is 0.353. The number of hydrogen-bond acceptors (Lipinski definition) is 6. The Labute approximate surface area is 144 Å². The second-order valence-electron chi connectivity index (χ2n) is 5.46. The maximum atomic E-state index is 11.8. The van der Waals surface area contributed by atoms with E-state index >= 15 is 0 Å². The lowest BCUT2D eigenvalue weighted by Crippen LogP contribution is -2.21. The first-order valence-corrected chi connectivity index (χ1v) is 8.38. The smallest absolute Gasteiger partial charge is 0.358 e. The minimum absolute atomic E-state index is 0.182. The van der Waals surface area contributed by atoms with Gasteiger partial charge in [0.1, 0.15) is 5.01 Å². The minimum Gasteiger partial charge on any atom is -0.451 e. The maximum Gasteiger partial charge on any atom is 0.358 e. The van der Waals surface area contributed by atoms with E-state index in [9.17, 15) is 9.59 Å². The Balaban J connectivity index is 1.82. The Kier molecular flexibility index (Phi) is 6.45. The first-order chi connectivity index (χ1) is 11.5. The van der Waals surface area contributed by atoms with Crippen molar-refractivity contribution in [3.63, 3.8) is 0 Å². The van der Waals surface area contributed by atoms with Crippen LogP contribution < -0.4 is 5.32 Å². The van der Waals surface area contributed by atoms with Crippen LogP contribution in [0.4, 0.5) is 5.69 Å². The van der Waals surface area contributed by atoms with Crippen molar-refractivity contribution < 1.29 is 19.1 Å². The molecule has 1 N–H and O–H groups in total. The van der Waals surface area contributed by atoms with Gasteiger partial charge in [0.2, 0.25) is 0 Å². The molecule has 24 heavy (non-hydrogen) atoms. The van der Waals surface area contributed by atoms with Crippen LogP contribution in [0.2, 0.25) is 0 Å². The molecule has 2 aromatic rings. The number of ether oxygens (including phenoxy) is 2. The molecule has 1 aromatic carbocycles. The van der Waals surface area contributed by atoms with E-state index in [4.69, 9.17) is 9.47 Å². The zero-order valence-corrected chi connectivity index (χ0v) is 14.7. The number of methoxy groups -OCH3 is 1. The third kappa shape index (κ3) is 5.14. The third-order valence-corrected chi connectivity index (χ3v) is 4.05. The van der Waals surface area contributed by atoms with E-state index in [-0.39, 0.29) is 12.3 Å². The number of thiazole rings is 1. The molecule has 0 aliphatic carbocycles. The Morgan fingerprint density at radius 2 is 1.96 bits per heavy atom. The fourth-order valence-electron chi connectivity index (χ4n) is 1.95. The van der Waals surface area contributed by atoms with E-state index in [1.54, 1.807) is 12.5 Å². The summed E-state index contributed by atoms with van der Waals surface area (Å²) in [7, 11) is 1.55. The third-order valence-electron chi connectivity index (χ3n) is 3.22. The first kappa shape index (κ1) is 18.1. The van der Waals surface area contributed by atoms with Crippen LogP contribution in [0.3, 0.4) is 0 Å². The zero-order valence-electron chi connectivity index (χ0n) is 13.9. The molecule has 6 nitrogen and oxygen atoms in total. The number of carbonyl (C=O) groups is 2. The number of carbonyl (C=O) groups excluding carboxylic acids is 2. The van der Waals surface area contributed by atoms with Gasteiger partial charge < -0.3 is 14.8 Å². The van der Waals surface area contributed by atoms with Crippen LogP contribution in [0, 0.1) is 0 Å². The number of esters is 1. The molecule has 0 atom stereocenters. The van der Waals surface area contributed by atoms with Crippen molar-refractivity contribution >= 4 is 28.9 Å². The van der Waals surface area contributed by atoms with Gasteiger partial charge in [-0.2, -0.15) is 0 Å². The normalized spacial score (nSPS) is 10.7. The highest BCUT2D eigenvalue weighted by molar-refractivity contribution is 7.09. The molecule has 128 valence electrons. The molecule has 0 bridgehead atoms. The molecule has 7 heteroatoms. The second-order valence-corrected chi connectivity index (χ2v) is 6.40. The van der Waals surface area contributed by atoms with E-state index in [1.165, 1.54) is 16.9 Å². The average molecular weight is 348 g/mol. The fourth-order valence-corrected chi connectivity index (χ4v) is 2.68. The molecule has 0 fully saturated rings. The number of aromatic nitrogens is 1. The summed E-state index contributed by atoms with van der Waals surface area (Å²) in [5.41, 5.74) is 2.03. The molecular weight excluding hydrogens is 328 g/mol. The van der Waals surface area contributed by atoms with Crippen molar-refractivity contribution in [2.45, 2.75) is 26.4 Å². The Hall–Kier alpha value is -2.25. The number of anilines is 1. The van der Waals surface area contributed by atoms with Crippen LogP contribution in [-0.4, -0.2) is 30.6 Å². The van der Waals surface area contributed by atoms with E-state index in [2.05, 4.69) is 24.1 Å². The molecule has 0 saturated heterocycles. The number of nitrogens with zero attached hydrogens (tertiary/aromatic N) is 1. The van der Waals surface area contributed by atoms with Gasteiger partial charge in [0.25, 0.3) is 5.91 Å². The molecule has 0 spiro atoms. The summed E-state index contributed by atoms with van der Waals surface area (Å²) in [4.78, 5) is 27.8. The maximum absolute atomic E-state index is 11.8. The van der Waals surface area contributed by atoms with Crippen molar-refractivity contribution in [1.82, 2.24) is 4.98 Å². The second kappa shape index (κ2) is 8.56. The molecule has 0 aliphatic rings. The Bertz CT molecular complexity index is 695. The van der Waals surface area contributed by atoms with Gasteiger partial charge in [-0.25, -0.2) is 9.78 Å². The van der Waals surface area contributed by atoms with Crippen LogP contribution in [0.25, 0.3) is 0 Å². The summed E-state index contributed by atoms with van der Waals surface area (Å²) in [5, 5.41) is 4.95. The number of rotatable bonds is 7. The summed E-state index contributed by atoms with van der Waals surface area (Å²) >= 11 is 1.31. The van der Waals surface area contributed by atoms with E-state index in [0.717, 1.165) is 0 Å². The minimum atomic E-state index is -0.626. The number of hydrogen-bond donors (Lipinski definition) is 1. The standard InChI is InChI=1S/C17H20N2O4S/c1-11(2)12-4-6-13(7-5-12)18-15(20)8-23-17(21)14-10-24-16(19-14)9-22-3/h4-7,10-11H,8-9H2,1-3H3,(H,18,20). The van der Waals surface area contributed by atoms with Crippen molar-refractivity contribution in [2.24, 2.45) is 0 Å². The van der Waals surface area contributed by atoms with Crippen molar-refractivity contribution in [3.05, 3.63) is 45.9 Å². The van der Waals surface area contributed by atoms with Gasteiger partial charge in [-0.15, -0.1) is 11.3 Å². The molecule has 0 unspecified atom stereocenters. The number of amides is 1. The van der Waals surface area contributed by atoms with Crippen molar-refractivity contribution in [2.75, 3.05) is 19.0 Å². The SMILES string of the molecule is COCc1nc(C(=O)OCC(=O)Nc2ccc(C(C)C)cc2)cs1. The summed E-state index contributed by atoms with van der Waals surface area (Å²) in [5.74, 6) is -0.594. The zero-order chi connectivity index (χ0) is 17.5. The highest BCUT2D eigenvalue weighted by Gasteiger charge is 2.14. The lowest BCUT2D eigenvalue weighted by Gasteiger charge is -2.08. The molecular formula is C17H20N2O4S. The molecule has 0 aliphatic heterocycles. The number of benzene rings is 1. The van der Waals surface area contributed by atoms with Gasteiger partial charge in [0, 0.05) is 18.2 Å². The van der Waals surface area contributed by atoms with Gasteiger partial charge in [-0.05, 0) is 23.6 Å². The topological polar surface area (TPSA) is 77.5 Å². The van der Waals surface area contributed by atoms with E-state index in [1.807, 2.05) is 24.3 Å². The van der Waals surface area contributed by atoms with Gasteiger partial charge >= 0.3 is 5.97 Å². The summed E-state index contributed by atoms with van der Waals surface area (Å²) in [6.45, 7) is 4.18. The Morgan fingerprint density at radius 1 is 1.25 bits per heavy atom. The highest BCUT2D eigenvalue weighted by Crippen LogP contribution is 2.17. The predicted molar refractivity (Wildman–Crippen MR) is 92.3 cm³/mol. The summed E-state index contributed by atoms with van der Waals surface area (Å²) in [6.07, 6.45) is 0. The van der Waals surface area contributed by atoms with Gasteiger partial charge in [-0.1, -0.05) is 26.0 Å². The van der Waals surface area contributed by atoms with Gasteiger partial charge in [0.05, 0.1) is 6.61 Å². The summed E-state index contributed by atoms with van der Waals surface area (Å²) < 4.78 is 9.91. The van der Waals surface area contributed by atoms with Crippen molar-refractivity contribution in [1.29, 1.82) is 0 Å². The van der Waals surface area contributed by atoms with Crippen molar-refractivity contribution in [3.8, 4) is 0 Å². The molecule has 0 saturated carbocycles. The lowest BCUT2D eigenvalue weighted by atomic mass is 10.0. The van der Waals surface area contributed by atoms with Crippen LogP contribution in [0.5, 0.6) is 0 Å². The average Bonchev–Trinajstić information content (AvgIpc) is 3.02. The molecule has 1 heterocycles. The van der Waals surface area contributed by atoms with Gasteiger partial charge in [0.15, 0.2) is 12.3 Å². The lowest BCUT2D eigenvalue weighted by molar-refractivity contribution is -0.119. The predicted octanol–water partition coefficient (Wildman–Crippen LogP) is 3.21. The highest BCUT2D eigenvalue weighted by atomic mass is 32.1. The first-order valence-electron chi connectivity index (χ1n) is 7.50. The molecule has 1 aromatic heterocycles. The Morgan fingerprint density at radius 3 is 2.58 bits per heavy atom. The molecule has 0 radical (unpaired) electrons. The van der Waals surface area contributed by atoms with Crippen LogP contribution >= 0.6 is 11.3 Å². The summed E-state index contributed by atoms with van der Waals surface area (Å²) in [6, 6.07) is 7.57.